The molecular weight excluding hydrogens is 268 g/mol. The summed E-state index contributed by atoms with van der Waals surface area (Å²) in [5.74, 6) is 0.785. The van der Waals surface area contributed by atoms with E-state index in [1.165, 1.54) is 7.11 Å². The highest BCUT2D eigenvalue weighted by Crippen LogP contribution is 2.27. The number of nitrogen functional groups attached to an aromatic ring is 1. The van der Waals surface area contributed by atoms with Crippen molar-refractivity contribution in [2.45, 2.75) is 6.92 Å². The fourth-order valence-electron chi connectivity index (χ4n) is 2.03. The molecule has 1 amide bonds. The zero-order valence-corrected chi connectivity index (χ0v) is 12.3. The molecule has 5 heteroatoms. The number of ether oxygens (including phenoxy) is 2. The number of aryl methyl sites for hydroxylation is 1. The van der Waals surface area contributed by atoms with Crippen LogP contribution in [0.15, 0.2) is 36.4 Å². The van der Waals surface area contributed by atoms with Crippen LogP contribution in [0.5, 0.6) is 11.5 Å². The van der Waals surface area contributed by atoms with Crippen LogP contribution in [-0.2, 0) is 0 Å². The van der Waals surface area contributed by atoms with Crippen LogP contribution in [0.2, 0.25) is 0 Å². The third kappa shape index (κ3) is 3.08. The molecule has 0 unspecified atom stereocenters. The molecule has 0 aliphatic carbocycles. The first-order valence-electron chi connectivity index (χ1n) is 6.45. The van der Waals surface area contributed by atoms with Crippen LogP contribution in [0.1, 0.15) is 15.9 Å². The van der Waals surface area contributed by atoms with E-state index in [-0.39, 0.29) is 5.91 Å². The number of para-hydroxylation sites is 1. The Hall–Kier alpha value is -2.69. The molecule has 2 aromatic rings. The van der Waals surface area contributed by atoms with Gasteiger partial charge in [0.2, 0.25) is 0 Å². The molecule has 0 spiro atoms. The summed E-state index contributed by atoms with van der Waals surface area (Å²) in [4.78, 5) is 12.4. The molecule has 0 aliphatic rings. The molecule has 5 nitrogen and oxygen atoms in total. The van der Waals surface area contributed by atoms with E-state index in [1.807, 2.05) is 19.1 Å². The molecule has 0 aliphatic heterocycles. The van der Waals surface area contributed by atoms with E-state index in [9.17, 15) is 4.79 Å². The molecule has 0 fully saturated rings. The van der Waals surface area contributed by atoms with Crippen molar-refractivity contribution in [3.8, 4) is 11.5 Å². The number of rotatable bonds is 4. The van der Waals surface area contributed by atoms with Gasteiger partial charge in [0, 0.05) is 6.07 Å². The Bertz CT molecular complexity index is 648. The van der Waals surface area contributed by atoms with Crippen molar-refractivity contribution in [3.05, 3.63) is 47.5 Å². The number of carbonyl (C=O) groups is 1. The summed E-state index contributed by atoms with van der Waals surface area (Å²) in [6.45, 7) is 1.89. The lowest BCUT2D eigenvalue weighted by molar-refractivity contribution is 0.102. The second-order valence-corrected chi connectivity index (χ2v) is 4.56. The van der Waals surface area contributed by atoms with Gasteiger partial charge in [-0.3, -0.25) is 4.79 Å². The monoisotopic (exact) mass is 286 g/mol. The van der Waals surface area contributed by atoms with E-state index in [0.717, 1.165) is 5.56 Å². The average molecular weight is 286 g/mol. The minimum atomic E-state index is -0.282. The van der Waals surface area contributed by atoms with Crippen LogP contribution in [0.25, 0.3) is 0 Å². The fraction of sp³-hybridized carbons (Fsp3) is 0.188. The van der Waals surface area contributed by atoms with Crippen LogP contribution >= 0.6 is 0 Å². The molecule has 0 radical (unpaired) electrons. The lowest BCUT2D eigenvalue weighted by Gasteiger charge is -2.13. The molecule has 110 valence electrons. The van der Waals surface area contributed by atoms with Crippen molar-refractivity contribution in [1.82, 2.24) is 0 Å². The summed E-state index contributed by atoms with van der Waals surface area (Å²) in [6.07, 6.45) is 0. The first-order valence-corrected chi connectivity index (χ1v) is 6.45. The first-order chi connectivity index (χ1) is 10.1. The summed E-state index contributed by atoms with van der Waals surface area (Å²) >= 11 is 0. The van der Waals surface area contributed by atoms with Crippen molar-refractivity contribution >= 4 is 17.3 Å². The van der Waals surface area contributed by atoms with Crippen molar-refractivity contribution in [3.63, 3.8) is 0 Å². The SMILES string of the molecule is COc1ccc(C(=O)Nc2c(C)cccc2N)c(OC)c1. The zero-order chi connectivity index (χ0) is 15.4. The van der Waals surface area contributed by atoms with Gasteiger partial charge in [0.15, 0.2) is 0 Å². The number of methoxy groups -OCH3 is 2. The van der Waals surface area contributed by atoms with Crippen LogP contribution in [0.3, 0.4) is 0 Å². The largest absolute Gasteiger partial charge is 0.497 e. The number of hydrogen-bond donors (Lipinski definition) is 2. The standard InChI is InChI=1S/C16H18N2O3/c1-10-5-4-6-13(17)15(10)18-16(19)12-8-7-11(20-2)9-14(12)21-3/h4-9H,17H2,1-3H3,(H,18,19). The maximum absolute atomic E-state index is 12.4. The third-order valence-corrected chi connectivity index (χ3v) is 3.20. The van der Waals surface area contributed by atoms with E-state index in [4.69, 9.17) is 15.2 Å². The molecule has 0 bridgehead atoms. The number of nitrogens with two attached hydrogens (primary N) is 1. The summed E-state index contributed by atoms with van der Waals surface area (Å²) in [5.41, 5.74) is 8.35. The molecule has 0 atom stereocenters. The highest BCUT2D eigenvalue weighted by molar-refractivity contribution is 6.08. The molecule has 0 saturated heterocycles. The van der Waals surface area contributed by atoms with Gasteiger partial charge in [0.25, 0.3) is 5.91 Å². The Morgan fingerprint density at radius 3 is 2.52 bits per heavy atom. The number of amides is 1. The Labute approximate surface area is 123 Å². The van der Waals surface area contributed by atoms with E-state index in [0.29, 0.717) is 28.4 Å². The van der Waals surface area contributed by atoms with Crippen LogP contribution in [-0.4, -0.2) is 20.1 Å². The van der Waals surface area contributed by atoms with Gasteiger partial charge in [-0.15, -0.1) is 0 Å². The predicted molar refractivity (Wildman–Crippen MR) is 83.1 cm³/mol. The van der Waals surface area contributed by atoms with Crippen LogP contribution in [0, 0.1) is 6.92 Å². The van der Waals surface area contributed by atoms with Gasteiger partial charge in [0.05, 0.1) is 31.2 Å². The van der Waals surface area contributed by atoms with Gasteiger partial charge in [-0.25, -0.2) is 0 Å². The van der Waals surface area contributed by atoms with Crippen LogP contribution < -0.4 is 20.5 Å². The highest BCUT2D eigenvalue weighted by Gasteiger charge is 2.15. The Morgan fingerprint density at radius 2 is 1.90 bits per heavy atom. The maximum Gasteiger partial charge on any atom is 0.259 e. The second kappa shape index (κ2) is 6.17. The quantitative estimate of drug-likeness (QED) is 0.848. The van der Waals surface area contributed by atoms with Gasteiger partial charge in [-0.2, -0.15) is 0 Å². The molecule has 0 saturated carbocycles. The minimum absolute atomic E-state index is 0.282. The van der Waals surface area contributed by atoms with Crippen molar-refractivity contribution in [1.29, 1.82) is 0 Å². The first kappa shape index (κ1) is 14.7. The molecule has 2 rings (SSSR count). The van der Waals surface area contributed by atoms with Gasteiger partial charge >= 0.3 is 0 Å². The number of hydrogen-bond acceptors (Lipinski definition) is 4. The minimum Gasteiger partial charge on any atom is -0.497 e. The smallest absolute Gasteiger partial charge is 0.259 e. The van der Waals surface area contributed by atoms with Crippen molar-refractivity contribution in [2.24, 2.45) is 0 Å². The molecule has 0 heterocycles. The fourth-order valence-corrected chi connectivity index (χ4v) is 2.03. The molecule has 0 aromatic heterocycles. The van der Waals surface area contributed by atoms with Gasteiger partial charge < -0.3 is 20.5 Å². The zero-order valence-electron chi connectivity index (χ0n) is 12.3. The Morgan fingerprint density at radius 1 is 1.14 bits per heavy atom. The normalized spacial score (nSPS) is 10.0. The van der Waals surface area contributed by atoms with E-state index in [2.05, 4.69) is 5.32 Å². The van der Waals surface area contributed by atoms with Gasteiger partial charge in [-0.05, 0) is 30.7 Å². The maximum atomic E-state index is 12.4. The molecule has 21 heavy (non-hydrogen) atoms. The van der Waals surface area contributed by atoms with Gasteiger partial charge in [0.1, 0.15) is 11.5 Å². The molecule has 3 N–H and O–H groups in total. The highest BCUT2D eigenvalue weighted by atomic mass is 16.5. The second-order valence-electron chi connectivity index (χ2n) is 4.56. The van der Waals surface area contributed by atoms with E-state index < -0.39 is 0 Å². The number of carbonyl (C=O) groups excluding carboxylic acids is 1. The average Bonchev–Trinajstić information content (AvgIpc) is 2.50. The predicted octanol–water partition coefficient (Wildman–Crippen LogP) is 2.85. The third-order valence-electron chi connectivity index (χ3n) is 3.20. The summed E-state index contributed by atoms with van der Waals surface area (Å²) in [7, 11) is 3.07. The van der Waals surface area contributed by atoms with E-state index in [1.54, 1.807) is 31.4 Å². The molecular formula is C16H18N2O3. The van der Waals surface area contributed by atoms with Crippen molar-refractivity contribution in [2.75, 3.05) is 25.3 Å². The van der Waals surface area contributed by atoms with Crippen molar-refractivity contribution < 1.29 is 14.3 Å². The van der Waals surface area contributed by atoms with E-state index >= 15 is 0 Å². The molecule has 2 aromatic carbocycles. The summed E-state index contributed by atoms with van der Waals surface area (Å²) in [6, 6.07) is 10.5. The number of benzene rings is 2. The number of nitrogens with one attached hydrogen (secondary N) is 1. The lowest BCUT2D eigenvalue weighted by Crippen LogP contribution is -2.15. The number of anilines is 2. The van der Waals surface area contributed by atoms with Crippen LogP contribution in [0.4, 0.5) is 11.4 Å². The van der Waals surface area contributed by atoms with Gasteiger partial charge in [-0.1, -0.05) is 12.1 Å². The Balaban J connectivity index is 2.32. The summed E-state index contributed by atoms with van der Waals surface area (Å²) in [5, 5.41) is 2.82. The Kier molecular flexibility index (Phi) is 4.33. The topological polar surface area (TPSA) is 73.6 Å². The lowest BCUT2D eigenvalue weighted by atomic mass is 10.1. The summed E-state index contributed by atoms with van der Waals surface area (Å²) < 4.78 is 10.4.